The van der Waals surface area contributed by atoms with Crippen LogP contribution in [0.1, 0.15) is 54.5 Å². The molecule has 0 radical (unpaired) electrons. The number of hydrogen-bond donors (Lipinski definition) is 1. The lowest BCUT2D eigenvalue weighted by Crippen LogP contribution is -2.37. The molecule has 1 atom stereocenters. The minimum absolute atomic E-state index is 0.000470. The third-order valence-corrected chi connectivity index (χ3v) is 5.24. The molecule has 0 aliphatic heterocycles. The Morgan fingerprint density at radius 3 is 2.39 bits per heavy atom. The van der Waals surface area contributed by atoms with E-state index in [0.29, 0.717) is 5.56 Å². The number of nitrogens with one attached hydrogen (secondary N) is 1. The lowest BCUT2D eigenvalue weighted by Gasteiger charge is -2.29. The third kappa shape index (κ3) is 4.89. The maximum atomic E-state index is 12.6. The van der Waals surface area contributed by atoms with Crippen molar-refractivity contribution >= 4 is 5.91 Å². The van der Waals surface area contributed by atoms with Gasteiger partial charge in [-0.05, 0) is 48.9 Å². The van der Waals surface area contributed by atoms with Crippen LogP contribution in [0, 0.1) is 6.92 Å². The van der Waals surface area contributed by atoms with Crippen LogP contribution in [-0.4, -0.2) is 21.5 Å². The van der Waals surface area contributed by atoms with Gasteiger partial charge in [-0.25, -0.2) is 4.98 Å². The van der Waals surface area contributed by atoms with Gasteiger partial charge in [-0.3, -0.25) is 4.79 Å². The number of nitrogens with zero attached hydrogens (tertiary/aromatic N) is 2. The summed E-state index contributed by atoms with van der Waals surface area (Å²) in [6.45, 7) is 9.25. The summed E-state index contributed by atoms with van der Waals surface area (Å²) in [5, 5.41) is 3.14. The van der Waals surface area contributed by atoms with E-state index in [1.54, 1.807) is 6.20 Å². The van der Waals surface area contributed by atoms with Crippen molar-refractivity contribution < 1.29 is 4.79 Å². The zero-order valence-corrected chi connectivity index (χ0v) is 17.1. The van der Waals surface area contributed by atoms with Crippen LogP contribution in [0.5, 0.6) is 0 Å². The second-order valence-electron chi connectivity index (χ2n) is 8.13. The molecule has 2 aromatic carbocycles. The molecule has 1 N–H and O–H groups in total. The molecule has 0 aliphatic rings. The van der Waals surface area contributed by atoms with E-state index in [1.165, 1.54) is 5.56 Å². The van der Waals surface area contributed by atoms with E-state index < -0.39 is 0 Å². The summed E-state index contributed by atoms with van der Waals surface area (Å²) in [6, 6.07) is 18.3. The van der Waals surface area contributed by atoms with Crippen molar-refractivity contribution in [2.75, 3.05) is 0 Å². The van der Waals surface area contributed by atoms with Crippen LogP contribution in [0.3, 0.4) is 0 Å². The molecule has 1 heterocycles. The Morgan fingerprint density at radius 1 is 1.11 bits per heavy atom. The van der Waals surface area contributed by atoms with Crippen LogP contribution in [0.15, 0.2) is 67.0 Å². The van der Waals surface area contributed by atoms with E-state index in [1.807, 2.05) is 43.5 Å². The largest absolute Gasteiger partial charge is 0.350 e. The summed E-state index contributed by atoms with van der Waals surface area (Å²) in [6.07, 6.45) is 4.64. The number of carbonyl (C=O) groups is 1. The van der Waals surface area contributed by atoms with Gasteiger partial charge in [0.25, 0.3) is 5.91 Å². The van der Waals surface area contributed by atoms with Crippen molar-refractivity contribution in [3.63, 3.8) is 0 Å². The molecule has 3 aromatic rings. The molecule has 4 heteroatoms. The highest BCUT2D eigenvalue weighted by Crippen LogP contribution is 2.28. The summed E-state index contributed by atoms with van der Waals surface area (Å²) >= 11 is 0. The first kappa shape index (κ1) is 19.9. The Kier molecular flexibility index (Phi) is 5.98. The zero-order chi connectivity index (χ0) is 20.1. The van der Waals surface area contributed by atoms with E-state index in [9.17, 15) is 4.79 Å². The van der Waals surface area contributed by atoms with Gasteiger partial charge in [0, 0.05) is 30.5 Å². The fourth-order valence-corrected chi connectivity index (χ4v) is 3.66. The number of carbonyl (C=O) groups excluding carboxylic acids is 1. The van der Waals surface area contributed by atoms with Crippen molar-refractivity contribution in [1.82, 2.24) is 14.9 Å². The molecule has 1 aromatic heterocycles. The first-order valence-corrected chi connectivity index (χ1v) is 9.78. The number of aryl methyl sites for hydroxylation is 1. The van der Waals surface area contributed by atoms with Crippen molar-refractivity contribution in [2.45, 2.75) is 52.1 Å². The Balaban J connectivity index is 1.59. The van der Waals surface area contributed by atoms with Crippen LogP contribution in [-0.2, 0) is 12.0 Å². The molecule has 0 saturated heterocycles. The van der Waals surface area contributed by atoms with Crippen molar-refractivity contribution in [3.05, 3.63) is 89.5 Å². The van der Waals surface area contributed by atoms with Gasteiger partial charge in [0.1, 0.15) is 5.82 Å². The Hall–Kier alpha value is -2.88. The second-order valence-corrected chi connectivity index (χ2v) is 8.13. The number of benzene rings is 2. The standard InChI is InChI=1S/C24H29N3O/c1-18(16-24(3,4)22-8-6-5-7-9-22)26-23(28)21-12-10-20(11-13-21)17-27-15-14-25-19(27)2/h5-15,18H,16-17H2,1-4H3,(H,26,28)/t18-/m0/s1. The number of hydrogen-bond acceptors (Lipinski definition) is 2. The van der Waals surface area contributed by atoms with Crippen molar-refractivity contribution in [3.8, 4) is 0 Å². The van der Waals surface area contributed by atoms with E-state index in [0.717, 1.165) is 24.4 Å². The second kappa shape index (κ2) is 8.42. The van der Waals surface area contributed by atoms with Crippen molar-refractivity contribution in [2.24, 2.45) is 0 Å². The summed E-state index contributed by atoms with van der Waals surface area (Å²) in [4.78, 5) is 16.9. The molecule has 4 nitrogen and oxygen atoms in total. The average molecular weight is 376 g/mol. The molecule has 3 rings (SSSR count). The topological polar surface area (TPSA) is 46.9 Å². The van der Waals surface area contributed by atoms with Gasteiger partial charge < -0.3 is 9.88 Å². The average Bonchev–Trinajstić information content (AvgIpc) is 3.07. The van der Waals surface area contributed by atoms with E-state index in [2.05, 4.69) is 59.9 Å². The fourth-order valence-electron chi connectivity index (χ4n) is 3.66. The van der Waals surface area contributed by atoms with Crippen LogP contribution < -0.4 is 5.32 Å². The van der Waals surface area contributed by atoms with Gasteiger partial charge in [-0.2, -0.15) is 0 Å². The lowest BCUT2D eigenvalue weighted by atomic mass is 9.79. The van der Waals surface area contributed by atoms with Gasteiger partial charge in [0.15, 0.2) is 0 Å². The molecule has 0 fully saturated rings. The van der Waals surface area contributed by atoms with Crippen molar-refractivity contribution in [1.29, 1.82) is 0 Å². The molecular formula is C24H29N3O. The summed E-state index contributed by atoms with van der Waals surface area (Å²) in [5.74, 6) is 0.957. The monoisotopic (exact) mass is 375 g/mol. The predicted octanol–water partition coefficient (Wildman–Crippen LogP) is 4.73. The third-order valence-electron chi connectivity index (χ3n) is 5.24. The maximum Gasteiger partial charge on any atom is 0.251 e. The van der Waals surface area contributed by atoms with Gasteiger partial charge in [0.05, 0.1) is 0 Å². The van der Waals surface area contributed by atoms with Gasteiger partial charge >= 0.3 is 0 Å². The number of amides is 1. The summed E-state index contributed by atoms with van der Waals surface area (Å²) in [7, 11) is 0. The van der Waals surface area contributed by atoms with E-state index >= 15 is 0 Å². The molecule has 1 amide bonds. The smallest absolute Gasteiger partial charge is 0.251 e. The number of rotatable bonds is 7. The Labute approximate surface area is 167 Å². The lowest BCUT2D eigenvalue weighted by molar-refractivity contribution is 0.0934. The van der Waals surface area contributed by atoms with E-state index in [4.69, 9.17) is 0 Å². The highest BCUT2D eigenvalue weighted by Gasteiger charge is 2.24. The highest BCUT2D eigenvalue weighted by atomic mass is 16.1. The Bertz CT molecular complexity index is 911. The number of imidazole rings is 1. The fraction of sp³-hybridized carbons (Fsp3) is 0.333. The Morgan fingerprint density at radius 2 is 1.79 bits per heavy atom. The van der Waals surface area contributed by atoms with Crippen LogP contribution in [0.25, 0.3) is 0 Å². The summed E-state index contributed by atoms with van der Waals surface area (Å²) < 4.78 is 2.09. The zero-order valence-electron chi connectivity index (χ0n) is 17.1. The first-order chi connectivity index (χ1) is 13.3. The molecular weight excluding hydrogens is 346 g/mol. The number of aromatic nitrogens is 2. The van der Waals surface area contributed by atoms with Crippen LogP contribution in [0.2, 0.25) is 0 Å². The molecule has 0 unspecified atom stereocenters. The minimum Gasteiger partial charge on any atom is -0.350 e. The first-order valence-electron chi connectivity index (χ1n) is 9.78. The van der Waals surface area contributed by atoms with Gasteiger partial charge in [0.2, 0.25) is 0 Å². The quantitative estimate of drug-likeness (QED) is 0.649. The maximum absolute atomic E-state index is 12.6. The molecule has 0 aliphatic carbocycles. The van der Waals surface area contributed by atoms with Crippen LogP contribution >= 0.6 is 0 Å². The van der Waals surface area contributed by atoms with E-state index in [-0.39, 0.29) is 17.4 Å². The molecule has 0 bridgehead atoms. The molecule has 146 valence electrons. The molecule has 0 saturated carbocycles. The minimum atomic E-state index is -0.0262. The van der Waals surface area contributed by atoms with Gasteiger partial charge in [-0.1, -0.05) is 56.3 Å². The molecule has 28 heavy (non-hydrogen) atoms. The summed E-state index contributed by atoms with van der Waals surface area (Å²) in [5.41, 5.74) is 3.13. The van der Waals surface area contributed by atoms with Gasteiger partial charge in [-0.15, -0.1) is 0 Å². The SMILES string of the molecule is Cc1nccn1Cc1ccc(C(=O)N[C@@H](C)CC(C)(C)c2ccccc2)cc1. The molecule has 0 spiro atoms. The predicted molar refractivity (Wildman–Crippen MR) is 114 cm³/mol. The highest BCUT2D eigenvalue weighted by molar-refractivity contribution is 5.94. The van der Waals surface area contributed by atoms with Crippen LogP contribution in [0.4, 0.5) is 0 Å². The normalized spacial score (nSPS) is 12.6.